The van der Waals surface area contributed by atoms with Gasteiger partial charge in [-0.05, 0) is 93.2 Å². The summed E-state index contributed by atoms with van der Waals surface area (Å²) >= 11 is 0. The van der Waals surface area contributed by atoms with Crippen LogP contribution in [0.4, 0.5) is 23.8 Å². The number of carbonyl (C=O) groups excluding carboxylic acids is 1. The monoisotopic (exact) mass is 928 g/mol. The minimum absolute atomic E-state index is 0.0670. The van der Waals surface area contributed by atoms with Crippen molar-refractivity contribution in [2.24, 2.45) is 0 Å². The average Bonchev–Trinajstić information content (AvgIpc) is 3.86. The quantitative estimate of drug-likeness (QED) is 0.0861. The summed E-state index contributed by atoms with van der Waals surface area (Å²) < 4.78 is 79.9. The molecule has 0 N–H and O–H groups in total. The first-order chi connectivity index (χ1) is 31.4. The van der Waals surface area contributed by atoms with Crippen molar-refractivity contribution in [2.45, 2.75) is 146 Å². The fourth-order valence-corrected chi connectivity index (χ4v) is 17.3. The maximum absolute atomic E-state index is 18.1. The molecular formula is C50H63F3N6O6Si. The third kappa shape index (κ3) is 7.90. The van der Waals surface area contributed by atoms with Gasteiger partial charge >= 0.3 is 12.1 Å². The topological polar surface area (TPSA) is 112 Å². The summed E-state index contributed by atoms with van der Waals surface area (Å²) in [5.41, 5.74) is 3.43. The van der Waals surface area contributed by atoms with Crippen molar-refractivity contribution in [2.75, 3.05) is 51.7 Å². The number of alkyl halides is 1. The number of hydrogen-bond donors (Lipinski definition) is 0. The lowest BCUT2D eigenvalue weighted by atomic mass is 9.95. The van der Waals surface area contributed by atoms with Crippen molar-refractivity contribution in [1.82, 2.24) is 24.8 Å². The number of carbonyl (C=O) groups is 1. The van der Waals surface area contributed by atoms with E-state index in [1.54, 1.807) is 18.2 Å². The highest BCUT2D eigenvalue weighted by atomic mass is 28.3. The zero-order valence-electron chi connectivity index (χ0n) is 39.9. The minimum Gasteiger partial charge on any atom is -0.475 e. The lowest BCUT2D eigenvalue weighted by Gasteiger charge is -2.46. The molecule has 0 spiro atoms. The molecule has 0 radical (unpaired) electrons. The molecule has 4 aromatic rings. The van der Waals surface area contributed by atoms with Crippen LogP contribution in [-0.4, -0.2) is 121 Å². The van der Waals surface area contributed by atoms with Gasteiger partial charge in [-0.2, -0.15) is 9.97 Å². The first-order valence-corrected chi connectivity index (χ1v) is 25.8. The number of nitrogens with zero attached hydrogens (tertiary/aromatic N) is 6. The van der Waals surface area contributed by atoms with E-state index in [2.05, 4.69) is 62.8 Å². The van der Waals surface area contributed by atoms with Gasteiger partial charge in [0.05, 0.1) is 29.2 Å². The van der Waals surface area contributed by atoms with Crippen molar-refractivity contribution in [3.05, 3.63) is 41.5 Å². The summed E-state index contributed by atoms with van der Waals surface area (Å²) in [5, 5.41) is 1.19. The summed E-state index contributed by atoms with van der Waals surface area (Å²) in [6, 6.07) is 5.41. The number of anilines is 1. The number of pyridine rings is 1. The van der Waals surface area contributed by atoms with Crippen LogP contribution in [0.5, 0.6) is 17.6 Å². The maximum Gasteiger partial charge on any atom is 0.410 e. The van der Waals surface area contributed by atoms with Crippen LogP contribution < -0.4 is 19.1 Å². The first kappa shape index (κ1) is 46.3. The highest BCUT2D eigenvalue weighted by Gasteiger charge is 2.53. The van der Waals surface area contributed by atoms with E-state index in [9.17, 15) is 9.18 Å². The SMILES string of the molecule is COCOc1cc(-c2nc3c4c(nc(OC[C@@]56CCCN5C[C@H](F)C6)nc4c2F)N2CC4CCC(C2CO3)N4C(=O)OC(C)(C)C)c2c(C#C[Si](C(C)C)(C(C)C)C(C)C)c(F)ccc2c1. The zero-order chi connectivity index (χ0) is 47.0. The highest BCUT2D eigenvalue weighted by Crippen LogP contribution is 2.48. The molecule has 2 aromatic carbocycles. The molecule has 354 valence electrons. The third-order valence-electron chi connectivity index (χ3n) is 14.9. The molecule has 5 aliphatic heterocycles. The Morgan fingerprint density at radius 1 is 0.985 bits per heavy atom. The Bertz CT molecular complexity index is 2590. The summed E-state index contributed by atoms with van der Waals surface area (Å²) in [6.45, 7) is 20.3. The van der Waals surface area contributed by atoms with Crippen LogP contribution in [0.15, 0.2) is 24.3 Å². The van der Waals surface area contributed by atoms with Crippen molar-refractivity contribution in [3.8, 4) is 40.4 Å². The second kappa shape index (κ2) is 17.3. The minimum atomic E-state index is -2.36. The van der Waals surface area contributed by atoms with Gasteiger partial charge in [0.1, 0.15) is 67.0 Å². The van der Waals surface area contributed by atoms with Crippen LogP contribution >= 0.6 is 0 Å². The Morgan fingerprint density at radius 3 is 2.45 bits per heavy atom. The molecule has 4 fully saturated rings. The molecule has 0 aliphatic carbocycles. The smallest absolute Gasteiger partial charge is 0.410 e. The van der Waals surface area contributed by atoms with Crippen molar-refractivity contribution < 1.29 is 41.7 Å². The normalized spacial score (nSPS) is 23.9. The molecule has 1 amide bonds. The van der Waals surface area contributed by atoms with E-state index in [4.69, 9.17) is 38.6 Å². The van der Waals surface area contributed by atoms with Crippen molar-refractivity contribution in [1.29, 1.82) is 0 Å². The molecule has 5 aliphatic rings. The number of rotatable bonds is 10. The molecular weight excluding hydrogens is 866 g/mol. The molecule has 0 saturated carbocycles. The number of piperazine rings is 1. The molecule has 12 nitrogen and oxygen atoms in total. The van der Waals surface area contributed by atoms with Gasteiger partial charge in [-0.15, -0.1) is 5.54 Å². The molecule has 2 bridgehead atoms. The van der Waals surface area contributed by atoms with E-state index in [0.29, 0.717) is 48.3 Å². The number of amides is 1. The van der Waals surface area contributed by atoms with Crippen LogP contribution in [-0.2, 0) is 9.47 Å². The third-order valence-corrected chi connectivity index (χ3v) is 21.2. The second-order valence-corrected chi connectivity index (χ2v) is 26.5. The molecule has 5 atom stereocenters. The molecule has 7 heterocycles. The number of hydrogen-bond acceptors (Lipinski definition) is 11. The Balaban J connectivity index is 1.25. The summed E-state index contributed by atoms with van der Waals surface area (Å²) in [4.78, 5) is 34.6. The number of halogens is 3. The number of fused-ring (bicyclic) bond motifs is 7. The van der Waals surface area contributed by atoms with Crippen LogP contribution in [0, 0.1) is 23.1 Å². The van der Waals surface area contributed by atoms with E-state index in [1.807, 2.05) is 25.7 Å². The molecule has 9 rings (SSSR count). The number of benzene rings is 2. The van der Waals surface area contributed by atoms with Crippen LogP contribution in [0.3, 0.4) is 0 Å². The van der Waals surface area contributed by atoms with Gasteiger partial charge in [-0.1, -0.05) is 53.5 Å². The predicted octanol–water partition coefficient (Wildman–Crippen LogP) is 9.98. The van der Waals surface area contributed by atoms with Crippen LogP contribution in [0.25, 0.3) is 32.9 Å². The van der Waals surface area contributed by atoms with E-state index in [1.165, 1.54) is 13.2 Å². The van der Waals surface area contributed by atoms with Crippen LogP contribution in [0.2, 0.25) is 16.6 Å². The van der Waals surface area contributed by atoms with Gasteiger partial charge in [0.25, 0.3) is 0 Å². The predicted molar refractivity (Wildman–Crippen MR) is 251 cm³/mol. The fraction of sp³-hybridized carbons (Fsp3) is 0.600. The number of methoxy groups -OCH3 is 1. The van der Waals surface area contributed by atoms with Crippen molar-refractivity contribution >= 4 is 41.7 Å². The lowest BCUT2D eigenvalue weighted by molar-refractivity contribution is 0.00537. The maximum atomic E-state index is 18.1. The summed E-state index contributed by atoms with van der Waals surface area (Å²) in [7, 11) is -0.860. The van der Waals surface area contributed by atoms with Gasteiger partial charge in [0.15, 0.2) is 12.6 Å². The highest BCUT2D eigenvalue weighted by molar-refractivity contribution is 6.90. The molecule has 4 saturated heterocycles. The molecule has 2 aromatic heterocycles. The average molecular weight is 929 g/mol. The zero-order valence-corrected chi connectivity index (χ0v) is 40.9. The van der Waals surface area contributed by atoms with Gasteiger partial charge in [-0.25, -0.2) is 22.9 Å². The van der Waals surface area contributed by atoms with Gasteiger partial charge in [0, 0.05) is 37.6 Å². The van der Waals surface area contributed by atoms with Gasteiger partial charge in [-0.3, -0.25) is 9.80 Å². The Kier molecular flexibility index (Phi) is 12.2. The first-order valence-electron chi connectivity index (χ1n) is 23.6. The van der Waals surface area contributed by atoms with E-state index in [0.717, 1.165) is 25.8 Å². The second-order valence-electron chi connectivity index (χ2n) is 20.9. The molecule has 3 unspecified atom stereocenters. The summed E-state index contributed by atoms with van der Waals surface area (Å²) in [6.07, 6.45) is 2.07. The van der Waals surface area contributed by atoms with Gasteiger partial charge < -0.3 is 28.6 Å². The number of aromatic nitrogens is 3. The number of ether oxygens (including phenoxy) is 5. The fourth-order valence-electron chi connectivity index (χ4n) is 12.1. The lowest BCUT2D eigenvalue weighted by Crippen LogP contribution is -2.63. The standard InChI is InChI=1S/C50H63F3N6O6Si/c1-28(2)66(29(3)4,30(5)6)19-16-35-37(52)14-12-31-20-34(64-27-61-10)21-36(40(31)35)43-42(53)44-41-45(56-47(55-44)63-26-50-17-11-18-57(50)23-32(51)22-50)58-24-33-13-15-38(39(58)25-62-46(41)54-43)59(33)48(60)65-49(7,8)9/h12,14,20-21,28-30,32-33,38-39H,11,13,15,17-18,22-27H2,1-10H3/t32-,33?,38?,39?,50+/m1/s1. The van der Waals surface area contributed by atoms with Crippen LogP contribution in [0.1, 0.15) is 100.0 Å². The summed E-state index contributed by atoms with van der Waals surface area (Å²) in [5.74, 6) is 2.81. The Morgan fingerprint density at radius 2 is 1.74 bits per heavy atom. The Hall–Kier alpha value is -4.85. The van der Waals surface area contributed by atoms with Gasteiger partial charge in [0.2, 0.25) is 5.88 Å². The molecule has 16 heteroatoms. The largest absolute Gasteiger partial charge is 0.475 e. The van der Waals surface area contributed by atoms with E-state index >= 15 is 8.78 Å². The van der Waals surface area contributed by atoms with Crippen molar-refractivity contribution in [3.63, 3.8) is 0 Å². The Labute approximate surface area is 386 Å². The van der Waals surface area contributed by atoms with E-state index < -0.39 is 49.2 Å². The molecule has 66 heavy (non-hydrogen) atoms. The van der Waals surface area contributed by atoms with E-state index in [-0.39, 0.29) is 88.3 Å².